The van der Waals surface area contributed by atoms with E-state index in [1.165, 1.54) is 11.8 Å². The molecular formula is C24H27N3O4S. The fourth-order valence-electron chi connectivity index (χ4n) is 3.71. The van der Waals surface area contributed by atoms with E-state index in [1.807, 2.05) is 36.4 Å². The molecule has 0 bridgehead atoms. The Morgan fingerprint density at radius 2 is 2.03 bits per heavy atom. The molecule has 7 nitrogen and oxygen atoms in total. The molecule has 168 valence electrons. The van der Waals surface area contributed by atoms with Crippen molar-refractivity contribution in [2.75, 3.05) is 12.4 Å². The molecular weight excluding hydrogens is 426 g/mol. The molecule has 3 aromatic rings. The Labute approximate surface area is 191 Å². The molecule has 0 radical (unpaired) electrons. The van der Waals surface area contributed by atoms with Crippen LogP contribution in [0.2, 0.25) is 0 Å². The third kappa shape index (κ3) is 4.71. The molecule has 1 aromatic carbocycles. The zero-order valence-electron chi connectivity index (χ0n) is 18.6. The van der Waals surface area contributed by atoms with E-state index >= 15 is 0 Å². The molecule has 32 heavy (non-hydrogen) atoms. The van der Waals surface area contributed by atoms with Crippen LogP contribution in [0.15, 0.2) is 46.3 Å². The zero-order valence-corrected chi connectivity index (χ0v) is 19.4. The molecule has 0 aliphatic carbocycles. The molecule has 0 unspecified atom stereocenters. The first-order valence-corrected chi connectivity index (χ1v) is 11.8. The van der Waals surface area contributed by atoms with Gasteiger partial charge in [0.1, 0.15) is 0 Å². The van der Waals surface area contributed by atoms with E-state index in [2.05, 4.69) is 13.8 Å². The van der Waals surface area contributed by atoms with Crippen LogP contribution in [0.3, 0.4) is 0 Å². The third-order valence-electron chi connectivity index (χ3n) is 5.75. The van der Waals surface area contributed by atoms with Gasteiger partial charge in [0.25, 0.3) is 5.56 Å². The topological polar surface area (TPSA) is 83.3 Å². The molecule has 1 aliphatic heterocycles. The highest BCUT2D eigenvalue weighted by atomic mass is 32.2. The molecule has 0 spiro atoms. The average molecular weight is 454 g/mol. The van der Waals surface area contributed by atoms with Crippen LogP contribution in [0.4, 0.5) is 0 Å². The fourth-order valence-corrected chi connectivity index (χ4v) is 4.50. The molecule has 3 heterocycles. The van der Waals surface area contributed by atoms with Crippen LogP contribution >= 0.6 is 11.8 Å². The molecule has 0 fully saturated rings. The minimum Gasteiger partial charge on any atom is -0.465 e. The van der Waals surface area contributed by atoms with E-state index in [4.69, 9.17) is 19.4 Å². The summed E-state index contributed by atoms with van der Waals surface area (Å²) in [5.74, 6) is -0.264. The van der Waals surface area contributed by atoms with E-state index in [9.17, 15) is 9.59 Å². The molecule has 0 amide bonds. The summed E-state index contributed by atoms with van der Waals surface area (Å²) in [4.78, 5) is 34.9. The Morgan fingerprint density at radius 3 is 2.75 bits per heavy atom. The van der Waals surface area contributed by atoms with Crippen LogP contribution in [0.1, 0.15) is 44.0 Å². The number of thioether (sulfide) groups is 1. The number of carbonyl (C=O) groups excluding carboxylic acids is 1. The normalized spacial score (nSPS) is 17.8. The third-order valence-corrected chi connectivity index (χ3v) is 6.70. The number of fused-ring (bicyclic) bond motifs is 2. The number of rotatable bonds is 7. The molecule has 0 saturated carbocycles. The maximum atomic E-state index is 13.5. The second kappa shape index (κ2) is 9.42. The average Bonchev–Trinajstić information content (AvgIpc) is 2.80. The summed E-state index contributed by atoms with van der Waals surface area (Å²) in [6, 6.07) is 11.6. The van der Waals surface area contributed by atoms with Crippen molar-refractivity contribution in [3.05, 3.63) is 63.6 Å². The van der Waals surface area contributed by atoms with Crippen molar-refractivity contribution in [1.82, 2.24) is 14.5 Å². The Balaban J connectivity index is 1.79. The van der Waals surface area contributed by atoms with E-state index in [1.54, 1.807) is 11.5 Å². The van der Waals surface area contributed by atoms with Crippen molar-refractivity contribution in [3.8, 4) is 0 Å². The minimum atomic E-state index is -0.340. The minimum absolute atomic E-state index is 0.0766. The molecule has 0 N–H and O–H groups in total. The summed E-state index contributed by atoms with van der Waals surface area (Å²) in [6.45, 7) is 7.04. The highest BCUT2D eigenvalue weighted by molar-refractivity contribution is 7.99. The summed E-state index contributed by atoms with van der Waals surface area (Å²) < 4.78 is 12.7. The summed E-state index contributed by atoms with van der Waals surface area (Å²) >= 11 is 1.20. The van der Waals surface area contributed by atoms with Gasteiger partial charge in [0.05, 0.1) is 42.2 Å². The summed E-state index contributed by atoms with van der Waals surface area (Å²) in [6.07, 6.45) is 1.55. The fraction of sp³-hybridized carbons (Fsp3) is 0.417. The van der Waals surface area contributed by atoms with Crippen LogP contribution in [-0.4, -0.2) is 38.5 Å². The number of ether oxygens (including phenoxy) is 2. The standard InChI is InChI=1S/C24H27N3O4S/c1-4-24(3)12-19-17(14-31-24)11-18-21(25-19)26-23(32-15-20(28)30-5-2)27(22(18)29)13-16-9-7-6-8-10-16/h6-11H,4-5,12-15H2,1-3H3/t24-/m1/s1. The summed E-state index contributed by atoms with van der Waals surface area (Å²) in [7, 11) is 0. The number of benzene rings is 1. The maximum Gasteiger partial charge on any atom is 0.316 e. The van der Waals surface area contributed by atoms with Crippen LogP contribution in [0.25, 0.3) is 11.0 Å². The van der Waals surface area contributed by atoms with Gasteiger partial charge in [-0.1, -0.05) is 49.0 Å². The predicted molar refractivity (Wildman–Crippen MR) is 124 cm³/mol. The van der Waals surface area contributed by atoms with Crippen LogP contribution in [0, 0.1) is 0 Å². The number of hydrogen-bond donors (Lipinski definition) is 0. The van der Waals surface area contributed by atoms with Gasteiger partial charge in [-0.15, -0.1) is 0 Å². The quantitative estimate of drug-likeness (QED) is 0.306. The van der Waals surface area contributed by atoms with E-state index in [0.717, 1.165) is 23.2 Å². The van der Waals surface area contributed by atoms with Gasteiger partial charge in [-0.2, -0.15) is 0 Å². The number of pyridine rings is 1. The number of nitrogens with zero attached hydrogens (tertiary/aromatic N) is 3. The number of aromatic nitrogens is 3. The van der Waals surface area contributed by atoms with Crippen molar-refractivity contribution in [2.24, 2.45) is 0 Å². The smallest absolute Gasteiger partial charge is 0.316 e. The molecule has 8 heteroatoms. The highest BCUT2D eigenvalue weighted by Gasteiger charge is 2.31. The summed E-state index contributed by atoms with van der Waals surface area (Å²) in [5, 5.41) is 0.918. The molecule has 1 aliphatic rings. The van der Waals surface area contributed by atoms with Gasteiger partial charge < -0.3 is 9.47 Å². The van der Waals surface area contributed by atoms with Gasteiger partial charge in [0.15, 0.2) is 10.8 Å². The zero-order chi connectivity index (χ0) is 22.7. The monoisotopic (exact) mass is 453 g/mol. The molecule has 2 aromatic heterocycles. The SMILES string of the molecule is CCOC(=O)CSc1nc2nc3c(cc2c(=O)n1Cc1ccccc1)CO[C@](C)(CC)C3. The number of hydrogen-bond acceptors (Lipinski definition) is 7. The Bertz CT molecular complexity index is 1200. The number of carbonyl (C=O) groups is 1. The van der Waals surface area contributed by atoms with Crippen molar-refractivity contribution in [1.29, 1.82) is 0 Å². The Morgan fingerprint density at radius 1 is 1.25 bits per heavy atom. The van der Waals surface area contributed by atoms with Gasteiger partial charge in [-0.05, 0) is 31.9 Å². The second-order valence-corrected chi connectivity index (χ2v) is 9.04. The van der Waals surface area contributed by atoms with E-state index < -0.39 is 0 Å². The van der Waals surface area contributed by atoms with Gasteiger partial charge in [0, 0.05) is 12.0 Å². The largest absolute Gasteiger partial charge is 0.465 e. The predicted octanol–water partition coefficient (Wildman–Crippen LogP) is 3.74. The molecule has 4 rings (SSSR count). The van der Waals surface area contributed by atoms with Crippen LogP contribution in [-0.2, 0) is 33.8 Å². The van der Waals surface area contributed by atoms with Crippen molar-refractivity contribution in [3.63, 3.8) is 0 Å². The van der Waals surface area contributed by atoms with Crippen molar-refractivity contribution >= 4 is 28.8 Å². The van der Waals surface area contributed by atoms with Gasteiger partial charge in [-0.25, -0.2) is 9.97 Å². The lowest BCUT2D eigenvalue weighted by molar-refractivity contribution is -0.139. The van der Waals surface area contributed by atoms with Crippen molar-refractivity contribution in [2.45, 2.75) is 57.5 Å². The number of esters is 1. The van der Waals surface area contributed by atoms with Gasteiger partial charge in [0.2, 0.25) is 0 Å². The van der Waals surface area contributed by atoms with E-state index in [-0.39, 0.29) is 22.9 Å². The van der Waals surface area contributed by atoms with E-state index in [0.29, 0.717) is 42.4 Å². The first-order chi connectivity index (χ1) is 15.4. The maximum absolute atomic E-state index is 13.5. The Hall–Kier alpha value is -2.71. The lowest BCUT2D eigenvalue weighted by atomic mass is 9.91. The van der Waals surface area contributed by atoms with Crippen LogP contribution in [0.5, 0.6) is 0 Å². The first-order valence-electron chi connectivity index (χ1n) is 10.8. The van der Waals surface area contributed by atoms with Gasteiger partial charge in [-0.3, -0.25) is 14.2 Å². The Kier molecular flexibility index (Phi) is 6.62. The first kappa shape index (κ1) is 22.5. The summed E-state index contributed by atoms with van der Waals surface area (Å²) in [5.41, 5.74) is 2.79. The molecule has 1 atom stereocenters. The second-order valence-electron chi connectivity index (χ2n) is 8.10. The highest BCUT2D eigenvalue weighted by Crippen LogP contribution is 2.31. The lowest BCUT2D eigenvalue weighted by Crippen LogP contribution is -2.35. The lowest BCUT2D eigenvalue weighted by Gasteiger charge is -2.33. The van der Waals surface area contributed by atoms with Crippen molar-refractivity contribution < 1.29 is 14.3 Å². The van der Waals surface area contributed by atoms with Crippen LogP contribution < -0.4 is 5.56 Å². The van der Waals surface area contributed by atoms with Gasteiger partial charge >= 0.3 is 5.97 Å². The molecule has 0 saturated heterocycles.